The van der Waals surface area contributed by atoms with E-state index in [1.54, 1.807) is 17.8 Å². The topological polar surface area (TPSA) is 62.1 Å². The number of rotatable bonds is 7. The first-order valence-electron chi connectivity index (χ1n) is 7.43. The molecular formula is C18H16Cl2N2O2S. The van der Waals surface area contributed by atoms with Gasteiger partial charge in [0, 0.05) is 23.6 Å². The number of nitrogens with one attached hydrogen (secondary N) is 1. The van der Waals surface area contributed by atoms with Crippen LogP contribution in [0.3, 0.4) is 0 Å². The molecule has 0 bridgehead atoms. The van der Waals surface area contributed by atoms with Gasteiger partial charge in [-0.25, -0.2) is 0 Å². The number of nitrogens with zero attached hydrogens (tertiary/aromatic N) is 1. The number of ether oxygens (including phenoxy) is 1. The van der Waals surface area contributed by atoms with E-state index in [0.29, 0.717) is 33.5 Å². The minimum Gasteiger partial charge on any atom is -0.494 e. The quantitative estimate of drug-likeness (QED) is 0.700. The van der Waals surface area contributed by atoms with Crippen molar-refractivity contribution in [1.29, 1.82) is 5.26 Å². The SMILES string of the molecule is COc1c(Cl)cc(C(=O)NCCSCc2ccccc2C#N)cc1Cl. The monoisotopic (exact) mass is 394 g/mol. The molecule has 0 saturated carbocycles. The minimum atomic E-state index is -0.246. The molecule has 0 aromatic heterocycles. The maximum Gasteiger partial charge on any atom is 0.251 e. The highest BCUT2D eigenvalue weighted by Crippen LogP contribution is 2.33. The highest BCUT2D eigenvalue weighted by Gasteiger charge is 2.13. The zero-order valence-corrected chi connectivity index (χ0v) is 15.8. The highest BCUT2D eigenvalue weighted by atomic mass is 35.5. The third kappa shape index (κ3) is 5.30. The fourth-order valence-electron chi connectivity index (χ4n) is 2.16. The van der Waals surface area contributed by atoms with Crippen molar-refractivity contribution in [2.24, 2.45) is 0 Å². The van der Waals surface area contributed by atoms with E-state index in [2.05, 4.69) is 11.4 Å². The highest BCUT2D eigenvalue weighted by molar-refractivity contribution is 7.98. The van der Waals surface area contributed by atoms with Gasteiger partial charge in [0.05, 0.1) is 28.8 Å². The van der Waals surface area contributed by atoms with Crippen LogP contribution in [0.25, 0.3) is 0 Å². The van der Waals surface area contributed by atoms with E-state index in [9.17, 15) is 4.79 Å². The summed E-state index contributed by atoms with van der Waals surface area (Å²) in [5.41, 5.74) is 2.06. The number of hydrogen-bond acceptors (Lipinski definition) is 4. The van der Waals surface area contributed by atoms with Crippen molar-refractivity contribution in [1.82, 2.24) is 5.32 Å². The molecule has 1 N–H and O–H groups in total. The Morgan fingerprint density at radius 2 is 1.96 bits per heavy atom. The van der Waals surface area contributed by atoms with E-state index >= 15 is 0 Å². The third-order valence-corrected chi connectivity index (χ3v) is 4.96. The van der Waals surface area contributed by atoms with Crippen molar-refractivity contribution < 1.29 is 9.53 Å². The molecule has 1 amide bonds. The van der Waals surface area contributed by atoms with E-state index in [0.717, 1.165) is 17.1 Å². The van der Waals surface area contributed by atoms with Crippen LogP contribution >= 0.6 is 35.0 Å². The Bertz CT molecular complexity index is 783. The summed E-state index contributed by atoms with van der Waals surface area (Å²) in [5, 5.41) is 12.5. The number of halogens is 2. The van der Waals surface area contributed by atoms with Crippen molar-refractivity contribution in [3.05, 3.63) is 63.1 Å². The van der Waals surface area contributed by atoms with Gasteiger partial charge in [0.25, 0.3) is 5.91 Å². The number of carbonyl (C=O) groups excluding carboxylic acids is 1. The maximum absolute atomic E-state index is 12.2. The molecule has 0 aliphatic heterocycles. The average Bonchev–Trinajstić information content (AvgIpc) is 2.61. The van der Waals surface area contributed by atoms with Gasteiger partial charge in [0.1, 0.15) is 0 Å². The first-order chi connectivity index (χ1) is 12.1. The lowest BCUT2D eigenvalue weighted by Gasteiger charge is -2.09. The van der Waals surface area contributed by atoms with Crippen molar-refractivity contribution >= 4 is 40.9 Å². The predicted octanol–water partition coefficient (Wildman–Crippen LogP) is 4.54. The molecule has 0 spiro atoms. The molecule has 0 atom stereocenters. The van der Waals surface area contributed by atoms with Gasteiger partial charge in [-0.15, -0.1) is 0 Å². The van der Waals surface area contributed by atoms with Crippen LogP contribution in [-0.4, -0.2) is 25.3 Å². The summed E-state index contributed by atoms with van der Waals surface area (Å²) < 4.78 is 5.06. The molecule has 2 aromatic rings. The van der Waals surface area contributed by atoms with Gasteiger partial charge in [-0.05, 0) is 23.8 Å². The number of benzene rings is 2. The molecular weight excluding hydrogens is 379 g/mol. The van der Waals surface area contributed by atoms with Crippen LogP contribution in [0.4, 0.5) is 0 Å². The van der Waals surface area contributed by atoms with Crippen molar-refractivity contribution in [3.8, 4) is 11.8 Å². The molecule has 0 radical (unpaired) electrons. The second-order valence-corrected chi connectivity index (χ2v) is 6.97. The third-order valence-electron chi connectivity index (χ3n) is 3.39. The first-order valence-corrected chi connectivity index (χ1v) is 9.35. The molecule has 0 unspecified atom stereocenters. The van der Waals surface area contributed by atoms with Crippen molar-refractivity contribution in [2.45, 2.75) is 5.75 Å². The van der Waals surface area contributed by atoms with Crippen LogP contribution in [0.15, 0.2) is 36.4 Å². The van der Waals surface area contributed by atoms with E-state index < -0.39 is 0 Å². The fourth-order valence-corrected chi connectivity index (χ4v) is 3.67. The zero-order chi connectivity index (χ0) is 18.2. The molecule has 7 heteroatoms. The van der Waals surface area contributed by atoms with Gasteiger partial charge in [-0.1, -0.05) is 41.4 Å². The minimum absolute atomic E-state index is 0.246. The lowest BCUT2D eigenvalue weighted by atomic mass is 10.1. The molecule has 0 saturated heterocycles. The first kappa shape index (κ1) is 19.5. The standard InChI is InChI=1S/C18H16Cl2N2O2S/c1-24-17-15(19)8-14(9-16(17)20)18(23)22-6-7-25-11-13-5-3-2-4-12(13)10-21/h2-5,8-9H,6-7,11H2,1H3,(H,22,23). The van der Waals surface area contributed by atoms with Crippen LogP contribution in [0.1, 0.15) is 21.5 Å². The van der Waals surface area contributed by atoms with E-state index in [1.165, 1.54) is 19.2 Å². The van der Waals surface area contributed by atoms with Gasteiger partial charge in [0.2, 0.25) is 0 Å². The van der Waals surface area contributed by atoms with Gasteiger partial charge >= 0.3 is 0 Å². The average molecular weight is 395 g/mol. The lowest BCUT2D eigenvalue weighted by Crippen LogP contribution is -2.25. The number of methoxy groups -OCH3 is 1. The molecule has 0 heterocycles. The number of amides is 1. The van der Waals surface area contributed by atoms with Crippen molar-refractivity contribution in [3.63, 3.8) is 0 Å². The summed E-state index contributed by atoms with van der Waals surface area (Å²) >= 11 is 13.7. The normalized spacial score (nSPS) is 10.2. The number of thioether (sulfide) groups is 1. The lowest BCUT2D eigenvalue weighted by molar-refractivity contribution is 0.0956. The second kappa shape index (κ2) is 9.57. The van der Waals surface area contributed by atoms with E-state index in [4.69, 9.17) is 33.2 Å². The van der Waals surface area contributed by atoms with Crippen LogP contribution in [0.5, 0.6) is 5.75 Å². The Morgan fingerprint density at radius 1 is 1.28 bits per heavy atom. The molecule has 2 rings (SSSR count). The smallest absolute Gasteiger partial charge is 0.251 e. The summed E-state index contributed by atoms with van der Waals surface area (Å²) in [6.45, 7) is 0.499. The summed E-state index contributed by atoms with van der Waals surface area (Å²) in [7, 11) is 1.47. The summed E-state index contributed by atoms with van der Waals surface area (Å²) in [6, 6.07) is 12.7. The number of hydrogen-bond donors (Lipinski definition) is 1. The Kier molecular flexibility index (Phi) is 7.45. The van der Waals surface area contributed by atoms with Crippen LogP contribution in [-0.2, 0) is 5.75 Å². The fraction of sp³-hybridized carbons (Fsp3) is 0.222. The Hall–Kier alpha value is -1.87. The molecule has 0 aliphatic rings. The van der Waals surface area contributed by atoms with Gasteiger partial charge in [-0.2, -0.15) is 17.0 Å². The number of carbonyl (C=O) groups is 1. The Morgan fingerprint density at radius 3 is 2.60 bits per heavy atom. The summed E-state index contributed by atoms with van der Waals surface area (Å²) in [5.74, 6) is 1.55. The zero-order valence-electron chi connectivity index (χ0n) is 13.5. The predicted molar refractivity (Wildman–Crippen MR) is 103 cm³/mol. The van der Waals surface area contributed by atoms with Crippen LogP contribution in [0.2, 0.25) is 10.0 Å². The van der Waals surface area contributed by atoms with Crippen LogP contribution in [0, 0.1) is 11.3 Å². The molecule has 25 heavy (non-hydrogen) atoms. The number of nitriles is 1. The Balaban J connectivity index is 1.82. The second-order valence-electron chi connectivity index (χ2n) is 5.05. The van der Waals surface area contributed by atoms with Crippen molar-refractivity contribution in [2.75, 3.05) is 19.4 Å². The van der Waals surface area contributed by atoms with E-state index in [-0.39, 0.29) is 5.91 Å². The van der Waals surface area contributed by atoms with Gasteiger partial charge in [-0.3, -0.25) is 4.79 Å². The summed E-state index contributed by atoms with van der Waals surface area (Å²) in [4.78, 5) is 12.2. The van der Waals surface area contributed by atoms with Gasteiger partial charge < -0.3 is 10.1 Å². The summed E-state index contributed by atoms with van der Waals surface area (Å²) in [6.07, 6.45) is 0. The molecule has 4 nitrogen and oxygen atoms in total. The van der Waals surface area contributed by atoms with Gasteiger partial charge in [0.15, 0.2) is 5.75 Å². The maximum atomic E-state index is 12.2. The largest absolute Gasteiger partial charge is 0.494 e. The molecule has 2 aromatic carbocycles. The Labute approximate surface area is 161 Å². The molecule has 130 valence electrons. The molecule has 0 aliphatic carbocycles. The molecule has 0 fully saturated rings. The van der Waals surface area contributed by atoms with Crippen LogP contribution < -0.4 is 10.1 Å². The van der Waals surface area contributed by atoms with E-state index in [1.807, 2.05) is 18.2 Å².